The van der Waals surface area contributed by atoms with Gasteiger partial charge in [-0.25, -0.2) is 9.59 Å². The number of nitrogen functional groups attached to an aromatic ring is 1. The van der Waals surface area contributed by atoms with Crippen molar-refractivity contribution in [1.29, 1.82) is 0 Å². The number of hydrogen-bond acceptors (Lipinski definition) is 14. The van der Waals surface area contributed by atoms with Crippen molar-refractivity contribution < 1.29 is 64.7 Å². The van der Waals surface area contributed by atoms with Gasteiger partial charge in [0.1, 0.15) is 48.8 Å². The summed E-state index contributed by atoms with van der Waals surface area (Å²) >= 11 is 0. The van der Waals surface area contributed by atoms with Gasteiger partial charge in [0.2, 0.25) is 0 Å². The number of aliphatic hydroxyl groups excluding tert-OH is 8. The molecular weight excluding hydrogens is 903 g/mol. The number of nitrogens with one attached hydrogen (secondary N) is 4. The van der Waals surface area contributed by atoms with Crippen LogP contribution >= 0.6 is 0 Å². The maximum Gasteiger partial charge on any atom is 0.319 e. The maximum absolute atomic E-state index is 12.3. The van der Waals surface area contributed by atoms with Crippen molar-refractivity contribution in [1.82, 2.24) is 10.6 Å². The summed E-state index contributed by atoms with van der Waals surface area (Å²) in [6.45, 7) is 4.55. The van der Waals surface area contributed by atoms with Gasteiger partial charge in [0.25, 0.3) is 0 Å². The third kappa shape index (κ3) is 24.6. The van der Waals surface area contributed by atoms with Crippen molar-refractivity contribution in [2.45, 2.75) is 210 Å². The van der Waals surface area contributed by atoms with E-state index in [0.717, 1.165) is 44.2 Å². The van der Waals surface area contributed by atoms with Gasteiger partial charge in [0, 0.05) is 43.7 Å². The van der Waals surface area contributed by atoms with Crippen molar-refractivity contribution in [3.05, 3.63) is 54.1 Å². The Morgan fingerprint density at radius 2 is 0.914 bits per heavy atom. The molecule has 18 nitrogen and oxygen atoms in total. The molecule has 2 aromatic rings. The normalized spacial score (nSPS) is 24.0. The molecule has 4 amide bonds. The molecule has 2 heterocycles. The Balaban J connectivity index is 0.000000564. The van der Waals surface area contributed by atoms with Gasteiger partial charge >= 0.3 is 12.1 Å². The second-order valence-electron chi connectivity index (χ2n) is 18.3. The molecule has 5 unspecified atom stereocenters. The lowest BCUT2D eigenvalue weighted by Gasteiger charge is -2.46. The molecule has 0 aliphatic carbocycles. The van der Waals surface area contributed by atoms with Crippen molar-refractivity contribution in [3.8, 4) is 0 Å². The van der Waals surface area contributed by atoms with Crippen molar-refractivity contribution >= 4 is 29.1 Å². The molecule has 2 aliphatic rings. The Bertz CT molecular complexity index is 1610. The summed E-state index contributed by atoms with van der Waals surface area (Å²) in [5.41, 5.74) is 8.40. The molecule has 4 rings (SSSR count). The second kappa shape index (κ2) is 38.0. The second-order valence-corrected chi connectivity index (χ2v) is 18.3. The number of unbranched alkanes of at least 4 members (excludes halogenated alkanes) is 18. The molecule has 2 fully saturated rings. The first-order valence-corrected chi connectivity index (χ1v) is 26.0. The van der Waals surface area contributed by atoms with Gasteiger partial charge in [-0.3, -0.25) is 0 Å². The Labute approximate surface area is 417 Å². The summed E-state index contributed by atoms with van der Waals surface area (Å²) in [6, 6.07) is 13.7. The molecule has 2 saturated heterocycles. The SMILES string of the molecule is CCCCCCCCCCCCNC(=O)Nc1ccc(C[C@@H]2OC(CO)[C@@H](OC3OC(CO)[C@H](O)C(O)[C@@H]3O)[C@H](O)C2O)cc1.CCCCCCCCCCCCNC(=O)Nc1ccc(N)cc1.CO. The largest absolute Gasteiger partial charge is 0.400 e. The predicted octanol–water partition coefficient (Wildman–Crippen LogP) is 5.86. The van der Waals surface area contributed by atoms with E-state index < -0.39 is 74.4 Å². The van der Waals surface area contributed by atoms with E-state index in [1.165, 1.54) is 109 Å². The molecule has 0 radical (unpaired) electrons. The number of urea groups is 2. The molecule has 10 atom stereocenters. The van der Waals surface area contributed by atoms with Crippen LogP contribution in [0.4, 0.5) is 26.7 Å². The minimum atomic E-state index is -1.72. The Morgan fingerprint density at radius 3 is 1.34 bits per heavy atom. The third-order valence-electron chi connectivity index (χ3n) is 12.6. The van der Waals surface area contributed by atoms with Crippen LogP contribution in [0.3, 0.4) is 0 Å². The first-order chi connectivity index (χ1) is 33.9. The molecule has 70 heavy (non-hydrogen) atoms. The molecule has 0 bridgehead atoms. The lowest BCUT2D eigenvalue weighted by Crippen LogP contribution is -2.64. The van der Waals surface area contributed by atoms with Gasteiger partial charge in [-0.2, -0.15) is 0 Å². The topological polar surface area (TPSA) is 298 Å². The van der Waals surface area contributed by atoms with E-state index in [9.17, 15) is 45.3 Å². The zero-order chi connectivity index (χ0) is 51.5. The number of ether oxygens (including phenoxy) is 3. The summed E-state index contributed by atoms with van der Waals surface area (Å²) in [5, 5.41) is 89.7. The van der Waals surface area contributed by atoms with E-state index in [4.69, 9.17) is 25.1 Å². The van der Waals surface area contributed by atoms with Gasteiger partial charge in [-0.05, 0) is 54.8 Å². The standard InChI is InChI=1S/C32H54N2O11.C19H33N3O.CH4O/c1-2-3-4-5-6-7-8-9-10-11-16-33-32(42)34-21-14-12-20(13-15-21)17-22-25(37)28(40)30(24(19-36)43-22)45-31-29(41)27(39)26(38)23(18-35)44-31;1-2-3-4-5-6-7-8-9-10-11-16-21-19(23)22-18-14-12-17(20)13-15-18;1-2/h12-15,22-31,35-41H,2-11,16-19H2,1H3,(H2,33,34,42);12-15H,2-11,16,20H2,1H3,(H2,21,22,23);2H,1H3/t22-,23?,24?,25?,26-,27?,28+,29-,30+,31?;;/m0../s1. The van der Waals surface area contributed by atoms with E-state index in [1.807, 2.05) is 0 Å². The first-order valence-electron chi connectivity index (χ1n) is 26.0. The fraction of sp³-hybridized carbons (Fsp3) is 0.731. The average Bonchev–Trinajstić information content (AvgIpc) is 3.36. The molecule has 402 valence electrons. The highest BCUT2D eigenvalue weighted by Crippen LogP contribution is 2.30. The zero-order valence-corrected chi connectivity index (χ0v) is 42.3. The van der Waals surface area contributed by atoms with Gasteiger partial charge < -0.3 is 82.1 Å². The monoisotopic (exact) mass is 994 g/mol. The fourth-order valence-electron chi connectivity index (χ4n) is 8.34. The zero-order valence-electron chi connectivity index (χ0n) is 42.3. The van der Waals surface area contributed by atoms with Crippen LogP contribution in [0, 0.1) is 0 Å². The van der Waals surface area contributed by atoms with Crippen LogP contribution in [0.5, 0.6) is 0 Å². The summed E-state index contributed by atoms with van der Waals surface area (Å²) in [7, 11) is 1.00. The number of hydrogen-bond donors (Lipinski definition) is 13. The van der Waals surface area contributed by atoms with Crippen LogP contribution in [-0.4, -0.2) is 148 Å². The Hall–Kier alpha value is -3.66. The number of benzene rings is 2. The lowest BCUT2D eigenvalue weighted by molar-refractivity contribution is -0.342. The Morgan fingerprint density at radius 1 is 0.514 bits per heavy atom. The summed E-state index contributed by atoms with van der Waals surface area (Å²) < 4.78 is 16.8. The van der Waals surface area contributed by atoms with E-state index in [1.54, 1.807) is 48.5 Å². The molecule has 0 spiro atoms. The van der Waals surface area contributed by atoms with Gasteiger partial charge in [0.05, 0.1) is 19.3 Å². The van der Waals surface area contributed by atoms with Crippen LogP contribution in [0.15, 0.2) is 48.5 Å². The van der Waals surface area contributed by atoms with Crippen molar-refractivity contribution in [2.24, 2.45) is 0 Å². The number of amides is 4. The summed E-state index contributed by atoms with van der Waals surface area (Å²) in [6.07, 6.45) is 11.3. The van der Waals surface area contributed by atoms with Gasteiger partial charge in [-0.1, -0.05) is 142 Å². The highest BCUT2D eigenvalue weighted by molar-refractivity contribution is 5.89. The van der Waals surface area contributed by atoms with Gasteiger partial charge in [0.15, 0.2) is 6.29 Å². The predicted molar refractivity (Wildman–Crippen MR) is 273 cm³/mol. The van der Waals surface area contributed by atoms with Crippen LogP contribution in [-0.2, 0) is 20.6 Å². The van der Waals surface area contributed by atoms with E-state index >= 15 is 0 Å². The quantitative estimate of drug-likeness (QED) is 0.0323. The number of nitrogens with two attached hydrogens (primary N) is 1. The average molecular weight is 994 g/mol. The Kier molecular flexibility index (Phi) is 33.9. The molecule has 0 saturated carbocycles. The first kappa shape index (κ1) is 62.5. The summed E-state index contributed by atoms with van der Waals surface area (Å²) in [4.78, 5) is 24.0. The fourth-order valence-corrected chi connectivity index (χ4v) is 8.34. The highest BCUT2D eigenvalue weighted by Gasteiger charge is 2.50. The van der Waals surface area contributed by atoms with Crippen molar-refractivity contribution in [3.63, 3.8) is 0 Å². The van der Waals surface area contributed by atoms with E-state index in [-0.39, 0.29) is 18.5 Å². The smallest absolute Gasteiger partial charge is 0.319 e. The lowest BCUT2D eigenvalue weighted by atomic mass is 9.91. The van der Waals surface area contributed by atoms with Gasteiger partial charge in [-0.15, -0.1) is 0 Å². The number of anilines is 3. The van der Waals surface area contributed by atoms with E-state index in [0.29, 0.717) is 17.9 Å². The minimum Gasteiger partial charge on any atom is -0.400 e. The number of carbonyl (C=O) groups excluding carboxylic acids is 2. The van der Waals surface area contributed by atoms with Crippen LogP contribution in [0.1, 0.15) is 148 Å². The summed E-state index contributed by atoms with van der Waals surface area (Å²) in [5.74, 6) is 0. The van der Waals surface area contributed by atoms with E-state index in [2.05, 4.69) is 35.1 Å². The molecule has 14 N–H and O–H groups in total. The highest BCUT2D eigenvalue weighted by atomic mass is 16.7. The van der Waals surface area contributed by atoms with Crippen LogP contribution in [0.2, 0.25) is 0 Å². The number of rotatable bonds is 30. The van der Waals surface area contributed by atoms with Crippen LogP contribution < -0.4 is 27.0 Å². The third-order valence-corrected chi connectivity index (χ3v) is 12.6. The minimum absolute atomic E-state index is 0.148. The van der Waals surface area contributed by atoms with Crippen molar-refractivity contribution in [2.75, 3.05) is 49.8 Å². The number of aliphatic hydroxyl groups is 8. The number of carbonyl (C=O) groups is 2. The maximum atomic E-state index is 12.3. The van der Waals surface area contributed by atoms with Crippen LogP contribution in [0.25, 0.3) is 0 Å². The molecule has 2 aromatic carbocycles. The molecular formula is C52H91N5O13. The molecule has 2 aliphatic heterocycles. The molecule has 18 heteroatoms. The molecule has 0 aromatic heterocycles.